The van der Waals surface area contributed by atoms with Crippen LogP contribution in [-0.2, 0) is 0 Å². The monoisotopic (exact) mass is 256 g/mol. The minimum absolute atomic E-state index is 0.505. The molecular formula is C15H20N4. The average molecular weight is 256 g/mol. The van der Waals surface area contributed by atoms with Crippen LogP contribution in [0.25, 0.3) is 10.9 Å². The van der Waals surface area contributed by atoms with Crippen LogP contribution in [0, 0.1) is 0 Å². The van der Waals surface area contributed by atoms with E-state index < -0.39 is 0 Å². The van der Waals surface area contributed by atoms with Crippen LogP contribution in [0.2, 0.25) is 0 Å². The molecule has 1 aliphatic heterocycles. The summed E-state index contributed by atoms with van der Waals surface area (Å²) in [5.41, 5.74) is 8.93. The molecule has 2 aromatic rings. The van der Waals surface area contributed by atoms with Gasteiger partial charge in [-0.2, -0.15) is 0 Å². The zero-order chi connectivity index (χ0) is 13.4. The highest BCUT2D eigenvalue weighted by Crippen LogP contribution is 2.31. The average Bonchev–Trinajstić information content (AvgIpc) is 2.41. The Morgan fingerprint density at radius 1 is 1.26 bits per heavy atom. The summed E-state index contributed by atoms with van der Waals surface area (Å²) < 4.78 is 0. The van der Waals surface area contributed by atoms with Crippen molar-refractivity contribution in [3.63, 3.8) is 0 Å². The van der Waals surface area contributed by atoms with Crippen LogP contribution in [0.15, 0.2) is 30.5 Å². The number of nitrogen functional groups attached to an aromatic ring is 1. The molecule has 1 atom stereocenters. The minimum Gasteiger partial charge on any atom is -0.397 e. The molecule has 4 nitrogen and oxygen atoms in total. The zero-order valence-corrected chi connectivity index (χ0v) is 11.5. The highest BCUT2D eigenvalue weighted by atomic mass is 15.3. The van der Waals surface area contributed by atoms with E-state index in [2.05, 4.69) is 40.9 Å². The van der Waals surface area contributed by atoms with E-state index in [1.165, 1.54) is 5.69 Å². The summed E-state index contributed by atoms with van der Waals surface area (Å²) in [6, 6.07) is 8.69. The Labute approximate surface area is 113 Å². The van der Waals surface area contributed by atoms with E-state index in [-0.39, 0.29) is 0 Å². The summed E-state index contributed by atoms with van der Waals surface area (Å²) in [6.45, 7) is 5.50. The van der Waals surface area contributed by atoms with E-state index in [4.69, 9.17) is 5.73 Å². The van der Waals surface area contributed by atoms with Crippen LogP contribution in [0.3, 0.4) is 0 Å². The summed E-state index contributed by atoms with van der Waals surface area (Å²) in [6.07, 6.45) is 1.80. The molecule has 0 radical (unpaired) electrons. The fourth-order valence-corrected chi connectivity index (χ4v) is 2.93. The van der Waals surface area contributed by atoms with E-state index in [1.807, 2.05) is 12.1 Å². The lowest BCUT2D eigenvalue weighted by Crippen LogP contribution is -2.50. The van der Waals surface area contributed by atoms with E-state index in [0.29, 0.717) is 6.04 Å². The normalized spacial score (nSPS) is 20.9. The van der Waals surface area contributed by atoms with Gasteiger partial charge in [0.05, 0.1) is 11.2 Å². The molecule has 1 aromatic carbocycles. The maximum atomic E-state index is 6.02. The van der Waals surface area contributed by atoms with E-state index in [1.54, 1.807) is 6.20 Å². The highest BCUT2D eigenvalue weighted by molar-refractivity contribution is 5.98. The number of hydrogen-bond donors (Lipinski definition) is 1. The molecule has 3 rings (SSSR count). The molecule has 0 aliphatic carbocycles. The van der Waals surface area contributed by atoms with Gasteiger partial charge in [-0.15, -0.1) is 0 Å². The largest absolute Gasteiger partial charge is 0.397 e. The first kappa shape index (κ1) is 12.2. The Morgan fingerprint density at radius 2 is 2.11 bits per heavy atom. The molecule has 1 aliphatic rings. The Balaban J connectivity index is 2.08. The molecule has 0 saturated carbocycles. The topological polar surface area (TPSA) is 45.4 Å². The quantitative estimate of drug-likeness (QED) is 0.792. The predicted molar refractivity (Wildman–Crippen MR) is 80.5 cm³/mol. The van der Waals surface area contributed by atoms with Crippen molar-refractivity contribution in [2.45, 2.75) is 13.0 Å². The van der Waals surface area contributed by atoms with Crippen molar-refractivity contribution in [1.29, 1.82) is 0 Å². The fraction of sp³-hybridized carbons (Fsp3) is 0.400. The van der Waals surface area contributed by atoms with Gasteiger partial charge in [0.2, 0.25) is 0 Å². The Hall–Kier alpha value is -1.81. The van der Waals surface area contributed by atoms with Crippen molar-refractivity contribution >= 4 is 22.3 Å². The van der Waals surface area contributed by atoms with E-state index in [9.17, 15) is 0 Å². The fourth-order valence-electron chi connectivity index (χ4n) is 2.93. The van der Waals surface area contributed by atoms with Gasteiger partial charge in [0.15, 0.2) is 0 Å². The summed E-state index contributed by atoms with van der Waals surface area (Å²) in [4.78, 5) is 9.25. The second-order valence-corrected chi connectivity index (χ2v) is 5.38. The third-order valence-electron chi connectivity index (χ3n) is 3.92. The third kappa shape index (κ3) is 2.12. The molecule has 4 heteroatoms. The maximum Gasteiger partial charge on any atom is 0.0951 e. The van der Waals surface area contributed by atoms with Crippen molar-refractivity contribution in [3.8, 4) is 0 Å². The predicted octanol–water partition coefficient (Wildman–Crippen LogP) is 1.96. The lowest BCUT2D eigenvalue weighted by atomic mass is 10.1. The van der Waals surface area contributed by atoms with Gasteiger partial charge in [-0.1, -0.05) is 0 Å². The van der Waals surface area contributed by atoms with Gasteiger partial charge >= 0.3 is 0 Å². The summed E-state index contributed by atoms with van der Waals surface area (Å²) in [5, 5.41) is 1.15. The second kappa shape index (κ2) is 4.70. The standard InChI is InChI=1S/C15H20N4/c1-11-10-18(2)8-9-19(11)14-6-5-13(16)15-12(14)4-3-7-17-15/h3-7,11H,8-10,16H2,1-2H3. The van der Waals surface area contributed by atoms with Crippen molar-refractivity contribution in [2.75, 3.05) is 37.3 Å². The number of nitrogens with zero attached hydrogens (tertiary/aromatic N) is 3. The lowest BCUT2D eigenvalue weighted by molar-refractivity contribution is 0.276. The Morgan fingerprint density at radius 3 is 2.89 bits per heavy atom. The zero-order valence-electron chi connectivity index (χ0n) is 11.5. The minimum atomic E-state index is 0.505. The summed E-state index contributed by atoms with van der Waals surface area (Å²) in [7, 11) is 2.18. The number of benzene rings is 1. The number of rotatable bonds is 1. The van der Waals surface area contributed by atoms with Crippen LogP contribution < -0.4 is 10.6 Å². The number of piperazine rings is 1. The SMILES string of the molecule is CC1CN(C)CCN1c1ccc(N)c2ncccc12. The van der Waals surface area contributed by atoms with Crippen LogP contribution >= 0.6 is 0 Å². The Kier molecular flexibility index (Phi) is 3.03. The molecule has 2 N–H and O–H groups in total. The van der Waals surface area contributed by atoms with Crippen LogP contribution in [0.5, 0.6) is 0 Å². The molecule has 19 heavy (non-hydrogen) atoms. The first-order chi connectivity index (χ1) is 9.16. The van der Waals surface area contributed by atoms with Crippen LogP contribution in [0.1, 0.15) is 6.92 Å². The summed E-state index contributed by atoms with van der Waals surface area (Å²) >= 11 is 0. The van der Waals surface area contributed by atoms with Crippen molar-refractivity contribution in [1.82, 2.24) is 9.88 Å². The van der Waals surface area contributed by atoms with Gasteiger partial charge in [0.25, 0.3) is 0 Å². The number of nitrogens with two attached hydrogens (primary N) is 1. The molecule has 0 spiro atoms. The molecule has 100 valence electrons. The first-order valence-corrected chi connectivity index (χ1v) is 6.75. The first-order valence-electron chi connectivity index (χ1n) is 6.75. The van der Waals surface area contributed by atoms with Gasteiger partial charge < -0.3 is 15.5 Å². The van der Waals surface area contributed by atoms with E-state index in [0.717, 1.165) is 36.2 Å². The number of likely N-dealkylation sites (N-methyl/N-ethyl adjacent to an activating group) is 1. The molecular weight excluding hydrogens is 236 g/mol. The molecule has 1 saturated heterocycles. The molecule has 0 bridgehead atoms. The third-order valence-corrected chi connectivity index (χ3v) is 3.92. The van der Waals surface area contributed by atoms with Gasteiger partial charge in [0.1, 0.15) is 0 Å². The van der Waals surface area contributed by atoms with Crippen LogP contribution in [0.4, 0.5) is 11.4 Å². The van der Waals surface area contributed by atoms with Gasteiger partial charge in [-0.05, 0) is 38.2 Å². The molecule has 2 heterocycles. The number of pyridine rings is 1. The molecule has 0 amide bonds. The number of anilines is 2. The number of fused-ring (bicyclic) bond motifs is 1. The molecule has 1 fully saturated rings. The number of hydrogen-bond acceptors (Lipinski definition) is 4. The maximum absolute atomic E-state index is 6.02. The van der Waals surface area contributed by atoms with E-state index >= 15 is 0 Å². The highest BCUT2D eigenvalue weighted by Gasteiger charge is 2.23. The van der Waals surface area contributed by atoms with Gasteiger partial charge in [0, 0.05) is 42.9 Å². The van der Waals surface area contributed by atoms with Crippen molar-refractivity contribution in [3.05, 3.63) is 30.5 Å². The second-order valence-electron chi connectivity index (χ2n) is 5.38. The summed E-state index contributed by atoms with van der Waals surface area (Å²) in [5.74, 6) is 0. The smallest absolute Gasteiger partial charge is 0.0951 e. The molecule has 1 unspecified atom stereocenters. The van der Waals surface area contributed by atoms with Gasteiger partial charge in [-0.25, -0.2) is 0 Å². The van der Waals surface area contributed by atoms with Crippen molar-refractivity contribution < 1.29 is 0 Å². The molecule has 1 aromatic heterocycles. The van der Waals surface area contributed by atoms with Crippen LogP contribution in [-0.4, -0.2) is 42.6 Å². The van der Waals surface area contributed by atoms with Gasteiger partial charge in [-0.3, -0.25) is 4.98 Å². The Bertz CT molecular complexity index is 596. The number of aromatic nitrogens is 1. The van der Waals surface area contributed by atoms with Crippen molar-refractivity contribution in [2.24, 2.45) is 0 Å². The lowest BCUT2D eigenvalue weighted by Gasteiger charge is -2.40.